The lowest BCUT2D eigenvalue weighted by Gasteiger charge is -2.39. The van der Waals surface area contributed by atoms with E-state index in [-0.39, 0.29) is 11.3 Å². The molecule has 2 aromatic carbocycles. The van der Waals surface area contributed by atoms with E-state index < -0.39 is 5.97 Å². The van der Waals surface area contributed by atoms with Gasteiger partial charge in [0.05, 0.1) is 12.5 Å². The standard InChI is InChI=1S/C25H30ClNO4/c1-3-18-4-7-22(26)19(12-18)15-30-20-5-6-21-23(13-20)31-16-25(21)8-10-27(11-9-25)14-17(2)24(28)29/h4-7,12-13,17H,3,8-11,14-16H2,1-2H3,(H,28,29). The lowest BCUT2D eigenvalue weighted by Crippen LogP contribution is -2.45. The van der Waals surface area contributed by atoms with Crippen molar-refractivity contribution in [3.63, 3.8) is 0 Å². The molecule has 2 aliphatic rings. The van der Waals surface area contributed by atoms with E-state index in [1.807, 2.05) is 24.3 Å². The first-order valence-corrected chi connectivity index (χ1v) is 11.4. The smallest absolute Gasteiger partial charge is 0.307 e. The van der Waals surface area contributed by atoms with Gasteiger partial charge in [-0.3, -0.25) is 4.79 Å². The molecule has 1 saturated heterocycles. The van der Waals surface area contributed by atoms with Crippen molar-refractivity contribution in [2.24, 2.45) is 5.92 Å². The maximum absolute atomic E-state index is 11.1. The molecule has 0 aromatic heterocycles. The third-order valence-corrected chi connectivity index (χ3v) is 7.08. The number of nitrogens with zero attached hydrogens (tertiary/aromatic N) is 1. The number of ether oxygens (including phenoxy) is 2. The van der Waals surface area contributed by atoms with E-state index in [1.54, 1.807) is 6.92 Å². The monoisotopic (exact) mass is 443 g/mol. The summed E-state index contributed by atoms with van der Waals surface area (Å²) in [6.07, 6.45) is 2.92. The fourth-order valence-electron chi connectivity index (χ4n) is 4.61. The molecule has 0 aliphatic carbocycles. The van der Waals surface area contributed by atoms with Crippen molar-refractivity contribution in [3.05, 3.63) is 58.1 Å². The number of aryl methyl sites for hydroxylation is 1. The van der Waals surface area contributed by atoms with Crippen LogP contribution in [0.2, 0.25) is 5.02 Å². The number of carboxylic acid groups (broad SMARTS) is 1. The summed E-state index contributed by atoms with van der Waals surface area (Å²) in [5, 5.41) is 9.89. The summed E-state index contributed by atoms with van der Waals surface area (Å²) in [5.41, 5.74) is 3.50. The summed E-state index contributed by atoms with van der Waals surface area (Å²) >= 11 is 6.33. The van der Waals surface area contributed by atoms with Gasteiger partial charge >= 0.3 is 5.97 Å². The number of carbonyl (C=O) groups is 1. The number of fused-ring (bicyclic) bond motifs is 2. The van der Waals surface area contributed by atoms with Gasteiger partial charge in [-0.1, -0.05) is 43.6 Å². The highest BCUT2D eigenvalue weighted by Gasteiger charge is 2.43. The van der Waals surface area contributed by atoms with Gasteiger partial charge in [0.15, 0.2) is 0 Å². The van der Waals surface area contributed by atoms with Crippen LogP contribution in [0.15, 0.2) is 36.4 Å². The molecule has 166 valence electrons. The minimum Gasteiger partial charge on any atom is -0.492 e. The van der Waals surface area contributed by atoms with Crippen molar-refractivity contribution in [1.29, 1.82) is 0 Å². The first-order chi connectivity index (χ1) is 14.9. The highest BCUT2D eigenvalue weighted by molar-refractivity contribution is 6.31. The van der Waals surface area contributed by atoms with E-state index in [1.165, 1.54) is 11.1 Å². The molecule has 2 aliphatic heterocycles. The average molecular weight is 444 g/mol. The molecule has 31 heavy (non-hydrogen) atoms. The van der Waals surface area contributed by atoms with Gasteiger partial charge in [0.1, 0.15) is 18.1 Å². The predicted molar refractivity (Wildman–Crippen MR) is 121 cm³/mol. The zero-order chi connectivity index (χ0) is 22.0. The highest BCUT2D eigenvalue weighted by Crippen LogP contribution is 2.46. The average Bonchev–Trinajstić information content (AvgIpc) is 3.12. The number of piperidine rings is 1. The lowest BCUT2D eigenvalue weighted by molar-refractivity contribution is -0.141. The van der Waals surface area contributed by atoms with Crippen molar-refractivity contribution in [1.82, 2.24) is 4.90 Å². The Morgan fingerprint density at radius 2 is 2.03 bits per heavy atom. The Balaban J connectivity index is 1.40. The molecule has 4 rings (SSSR count). The molecule has 5 nitrogen and oxygen atoms in total. The van der Waals surface area contributed by atoms with Gasteiger partial charge in [-0.05, 0) is 50.0 Å². The van der Waals surface area contributed by atoms with Crippen molar-refractivity contribution in [2.45, 2.75) is 45.1 Å². The summed E-state index contributed by atoms with van der Waals surface area (Å²) < 4.78 is 12.1. The number of likely N-dealkylation sites (tertiary alicyclic amines) is 1. The first kappa shape index (κ1) is 22.0. The number of halogens is 1. The van der Waals surface area contributed by atoms with E-state index >= 15 is 0 Å². The second-order valence-electron chi connectivity index (χ2n) is 8.83. The third kappa shape index (κ3) is 4.68. The molecule has 1 fully saturated rings. The SMILES string of the molecule is CCc1ccc(Cl)c(COc2ccc3c(c2)OCC32CCN(CC(C)C(=O)O)CC2)c1. The molecule has 6 heteroatoms. The zero-order valence-corrected chi connectivity index (χ0v) is 19.0. The van der Waals surface area contributed by atoms with Crippen LogP contribution < -0.4 is 9.47 Å². The molecule has 1 N–H and O–H groups in total. The van der Waals surface area contributed by atoms with Crippen LogP contribution in [0.5, 0.6) is 11.5 Å². The van der Waals surface area contributed by atoms with Gasteiger partial charge in [0, 0.05) is 34.2 Å². The van der Waals surface area contributed by atoms with Gasteiger partial charge in [0.2, 0.25) is 0 Å². The van der Waals surface area contributed by atoms with E-state index in [9.17, 15) is 4.79 Å². The third-order valence-electron chi connectivity index (χ3n) is 6.71. The fraction of sp³-hybridized carbons (Fsp3) is 0.480. The summed E-state index contributed by atoms with van der Waals surface area (Å²) in [7, 11) is 0. The Morgan fingerprint density at radius 1 is 1.26 bits per heavy atom. The van der Waals surface area contributed by atoms with Crippen LogP contribution >= 0.6 is 11.6 Å². The Bertz CT molecular complexity index is 953. The summed E-state index contributed by atoms with van der Waals surface area (Å²) in [6.45, 7) is 7.39. The Morgan fingerprint density at radius 3 is 2.74 bits per heavy atom. The number of carboxylic acids is 1. The molecule has 0 radical (unpaired) electrons. The van der Waals surface area contributed by atoms with Crippen LogP contribution in [0.3, 0.4) is 0 Å². The van der Waals surface area contributed by atoms with Crippen LogP contribution in [-0.2, 0) is 23.2 Å². The van der Waals surface area contributed by atoms with Crippen molar-refractivity contribution in [3.8, 4) is 11.5 Å². The molecule has 0 bridgehead atoms. The Hall–Kier alpha value is -2.24. The quantitative estimate of drug-likeness (QED) is 0.657. The lowest BCUT2D eigenvalue weighted by atomic mass is 9.74. The highest BCUT2D eigenvalue weighted by atomic mass is 35.5. The van der Waals surface area contributed by atoms with Gasteiger partial charge in [-0.15, -0.1) is 0 Å². The van der Waals surface area contributed by atoms with Crippen LogP contribution in [0.4, 0.5) is 0 Å². The van der Waals surface area contributed by atoms with Gasteiger partial charge in [0.25, 0.3) is 0 Å². The fourth-order valence-corrected chi connectivity index (χ4v) is 4.78. The van der Waals surface area contributed by atoms with E-state index in [4.69, 9.17) is 26.2 Å². The van der Waals surface area contributed by atoms with E-state index in [2.05, 4.69) is 24.0 Å². The molecular formula is C25H30ClNO4. The number of benzene rings is 2. The number of aliphatic carboxylic acids is 1. The normalized spacial score (nSPS) is 18.4. The molecule has 1 spiro atoms. The zero-order valence-electron chi connectivity index (χ0n) is 18.2. The maximum Gasteiger partial charge on any atom is 0.307 e. The largest absolute Gasteiger partial charge is 0.492 e. The molecule has 1 atom stereocenters. The van der Waals surface area contributed by atoms with Crippen molar-refractivity contribution >= 4 is 17.6 Å². The van der Waals surface area contributed by atoms with E-state index in [0.29, 0.717) is 19.8 Å². The second-order valence-corrected chi connectivity index (χ2v) is 9.24. The maximum atomic E-state index is 11.1. The molecular weight excluding hydrogens is 414 g/mol. The van der Waals surface area contributed by atoms with Crippen LogP contribution in [0.25, 0.3) is 0 Å². The Labute approximate surface area is 188 Å². The number of rotatable bonds is 7. The minimum absolute atomic E-state index is 0.0234. The summed E-state index contributed by atoms with van der Waals surface area (Å²) in [5.74, 6) is 0.609. The number of hydrogen-bond donors (Lipinski definition) is 1. The van der Waals surface area contributed by atoms with E-state index in [0.717, 1.165) is 54.4 Å². The Kier molecular flexibility index (Phi) is 6.44. The van der Waals surface area contributed by atoms with Crippen LogP contribution in [0, 0.1) is 5.92 Å². The summed E-state index contributed by atoms with van der Waals surface area (Å²) in [6, 6.07) is 12.2. The van der Waals surface area contributed by atoms with Crippen LogP contribution in [-0.4, -0.2) is 42.2 Å². The molecule has 1 unspecified atom stereocenters. The minimum atomic E-state index is -0.731. The number of hydrogen-bond acceptors (Lipinski definition) is 4. The summed E-state index contributed by atoms with van der Waals surface area (Å²) in [4.78, 5) is 13.4. The first-order valence-electron chi connectivity index (χ1n) is 11.0. The molecule has 0 saturated carbocycles. The van der Waals surface area contributed by atoms with Crippen LogP contribution in [0.1, 0.15) is 43.4 Å². The topological polar surface area (TPSA) is 59.0 Å². The molecule has 0 amide bonds. The van der Waals surface area contributed by atoms with Gasteiger partial charge in [-0.25, -0.2) is 0 Å². The van der Waals surface area contributed by atoms with Crippen molar-refractivity contribution in [2.75, 3.05) is 26.2 Å². The van der Waals surface area contributed by atoms with Gasteiger partial charge < -0.3 is 19.5 Å². The predicted octanol–water partition coefficient (Wildman–Crippen LogP) is 4.93. The van der Waals surface area contributed by atoms with Gasteiger partial charge in [-0.2, -0.15) is 0 Å². The second kappa shape index (κ2) is 9.09. The van der Waals surface area contributed by atoms with Crippen molar-refractivity contribution < 1.29 is 19.4 Å². The molecule has 2 aromatic rings. The molecule has 2 heterocycles.